The number of benzene rings is 1. The topological polar surface area (TPSA) is 20.2 Å². The zero-order valence-electron chi connectivity index (χ0n) is 9.66. The third-order valence-corrected chi connectivity index (χ3v) is 3.52. The minimum atomic E-state index is -0.342. The molecule has 1 N–H and O–H groups in total. The first kappa shape index (κ1) is 10.7. The van der Waals surface area contributed by atoms with Crippen molar-refractivity contribution in [2.24, 2.45) is 0 Å². The van der Waals surface area contributed by atoms with E-state index in [0.717, 1.165) is 5.56 Å². The lowest BCUT2D eigenvalue weighted by atomic mass is 9.92. The Morgan fingerprint density at radius 3 is 2.87 bits per heavy atom. The van der Waals surface area contributed by atoms with Gasteiger partial charge in [-0.1, -0.05) is 31.5 Å². The van der Waals surface area contributed by atoms with Gasteiger partial charge in [0.2, 0.25) is 0 Å². The van der Waals surface area contributed by atoms with Crippen molar-refractivity contribution in [1.29, 1.82) is 0 Å². The Hall–Kier alpha value is -0.820. The van der Waals surface area contributed by atoms with E-state index in [2.05, 4.69) is 25.1 Å². The number of fused-ring (bicyclic) bond motifs is 1. The molecular weight excluding hydrogens is 184 g/mol. The molecule has 0 spiro atoms. The molecule has 1 aliphatic rings. The third-order valence-electron chi connectivity index (χ3n) is 3.52. The summed E-state index contributed by atoms with van der Waals surface area (Å²) in [4.78, 5) is 0. The van der Waals surface area contributed by atoms with Gasteiger partial charge in [-0.3, -0.25) is 0 Å². The van der Waals surface area contributed by atoms with E-state index in [1.807, 2.05) is 6.92 Å². The number of aliphatic hydroxyl groups excluding tert-OH is 1. The molecule has 1 aromatic rings. The molecule has 0 saturated heterocycles. The lowest BCUT2D eigenvalue weighted by molar-refractivity contribution is 0.199. The first-order chi connectivity index (χ1) is 7.18. The largest absolute Gasteiger partial charge is 0.389 e. The van der Waals surface area contributed by atoms with E-state index in [0.29, 0.717) is 5.92 Å². The molecule has 15 heavy (non-hydrogen) atoms. The van der Waals surface area contributed by atoms with Gasteiger partial charge in [0.15, 0.2) is 0 Å². The molecule has 0 heterocycles. The minimum absolute atomic E-state index is 0.342. The molecule has 0 aliphatic heterocycles. The lowest BCUT2D eigenvalue weighted by Crippen LogP contribution is -1.99. The average Bonchev–Trinajstić information content (AvgIpc) is 2.40. The van der Waals surface area contributed by atoms with Crippen LogP contribution in [0, 0.1) is 0 Å². The second-order valence-corrected chi connectivity index (χ2v) is 4.78. The summed E-state index contributed by atoms with van der Waals surface area (Å²) in [5.74, 6) is 0.654. The molecule has 0 saturated carbocycles. The third kappa shape index (κ3) is 2.23. The number of hydrogen-bond acceptors (Lipinski definition) is 1. The van der Waals surface area contributed by atoms with Crippen molar-refractivity contribution in [3.8, 4) is 0 Å². The molecule has 0 radical (unpaired) electrons. The van der Waals surface area contributed by atoms with Gasteiger partial charge >= 0.3 is 0 Å². The van der Waals surface area contributed by atoms with Crippen molar-refractivity contribution >= 4 is 0 Å². The second-order valence-electron chi connectivity index (χ2n) is 4.78. The van der Waals surface area contributed by atoms with Gasteiger partial charge in [0.25, 0.3) is 0 Å². The average molecular weight is 204 g/mol. The Kier molecular flexibility index (Phi) is 3.11. The van der Waals surface area contributed by atoms with Crippen LogP contribution in [0.15, 0.2) is 18.2 Å². The van der Waals surface area contributed by atoms with Crippen LogP contribution < -0.4 is 0 Å². The number of aliphatic hydroxyl groups is 1. The molecule has 2 atom stereocenters. The molecule has 1 heteroatoms. The summed E-state index contributed by atoms with van der Waals surface area (Å²) < 4.78 is 0. The van der Waals surface area contributed by atoms with Gasteiger partial charge in [-0.05, 0) is 48.8 Å². The van der Waals surface area contributed by atoms with Crippen LogP contribution in [0.3, 0.4) is 0 Å². The number of rotatable bonds is 1. The summed E-state index contributed by atoms with van der Waals surface area (Å²) in [6, 6.07) is 6.48. The van der Waals surface area contributed by atoms with Gasteiger partial charge in [0.1, 0.15) is 0 Å². The Balaban J connectivity index is 2.39. The molecule has 0 amide bonds. The van der Waals surface area contributed by atoms with E-state index in [-0.39, 0.29) is 6.10 Å². The van der Waals surface area contributed by atoms with Gasteiger partial charge in [0, 0.05) is 0 Å². The fourth-order valence-electron chi connectivity index (χ4n) is 2.48. The fraction of sp³-hybridized carbons (Fsp3) is 0.571. The summed E-state index contributed by atoms with van der Waals surface area (Å²) in [7, 11) is 0. The Labute approximate surface area is 92.1 Å². The van der Waals surface area contributed by atoms with Crippen molar-refractivity contribution in [1.82, 2.24) is 0 Å². The van der Waals surface area contributed by atoms with Crippen LogP contribution in [-0.2, 0) is 6.42 Å². The van der Waals surface area contributed by atoms with Crippen LogP contribution in [0.2, 0.25) is 0 Å². The highest BCUT2D eigenvalue weighted by Crippen LogP contribution is 2.31. The Morgan fingerprint density at radius 2 is 2.13 bits per heavy atom. The molecule has 2 rings (SSSR count). The number of hydrogen-bond donors (Lipinski definition) is 1. The van der Waals surface area contributed by atoms with E-state index in [9.17, 15) is 5.11 Å². The van der Waals surface area contributed by atoms with Gasteiger partial charge in [-0.15, -0.1) is 0 Å². The van der Waals surface area contributed by atoms with Crippen LogP contribution in [-0.4, -0.2) is 5.11 Å². The maximum atomic E-state index is 9.58. The smallest absolute Gasteiger partial charge is 0.0762 e. The zero-order valence-corrected chi connectivity index (χ0v) is 9.66. The van der Waals surface area contributed by atoms with Gasteiger partial charge in [0.05, 0.1) is 6.10 Å². The molecule has 1 aromatic carbocycles. The van der Waals surface area contributed by atoms with Crippen molar-refractivity contribution < 1.29 is 5.11 Å². The van der Waals surface area contributed by atoms with Crippen molar-refractivity contribution in [3.63, 3.8) is 0 Å². The van der Waals surface area contributed by atoms with E-state index in [1.54, 1.807) is 0 Å². The molecule has 0 aromatic heterocycles. The van der Waals surface area contributed by atoms with Crippen LogP contribution in [0.25, 0.3) is 0 Å². The monoisotopic (exact) mass is 204 g/mol. The molecular formula is C14H20O. The van der Waals surface area contributed by atoms with Gasteiger partial charge in [-0.2, -0.15) is 0 Å². The SMILES string of the molecule is CC(O)c1ccc2c(c1)C(C)CCCC2. The quantitative estimate of drug-likeness (QED) is 0.693. The second kappa shape index (κ2) is 4.36. The highest BCUT2D eigenvalue weighted by Gasteiger charge is 2.15. The van der Waals surface area contributed by atoms with E-state index in [1.165, 1.54) is 36.8 Å². The van der Waals surface area contributed by atoms with Gasteiger partial charge in [-0.25, -0.2) is 0 Å². The molecule has 1 aliphatic carbocycles. The number of aryl methyl sites for hydroxylation is 1. The lowest BCUT2D eigenvalue weighted by Gasteiger charge is -2.15. The summed E-state index contributed by atoms with van der Waals surface area (Å²) >= 11 is 0. The summed E-state index contributed by atoms with van der Waals surface area (Å²) in [6.45, 7) is 4.14. The minimum Gasteiger partial charge on any atom is -0.389 e. The summed E-state index contributed by atoms with van der Waals surface area (Å²) in [6.07, 6.45) is 4.80. The molecule has 1 nitrogen and oxygen atoms in total. The first-order valence-electron chi connectivity index (χ1n) is 5.99. The van der Waals surface area contributed by atoms with E-state index in [4.69, 9.17) is 0 Å². The summed E-state index contributed by atoms with van der Waals surface area (Å²) in [5, 5.41) is 9.58. The van der Waals surface area contributed by atoms with Crippen molar-refractivity contribution in [3.05, 3.63) is 34.9 Å². The van der Waals surface area contributed by atoms with E-state index >= 15 is 0 Å². The fourth-order valence-corrected chi connectivity index (χ4v) is 2.48. The first-order valence-corrected chi connectivity index (χ1v) is 5.99. The maximum Gasteiger partial charge on any atom is 0.0762 e. The Bertz CT molecular complexity index is 341. The molecule has 0 fully saturated rings. The van der Waals surface area contributed by atoms with Crippen LogP contribution in [0.1, 0.15) is 61.8 Å². The van der Waals surface area contributed by atoms with Crippen LogP contribution in [0.5, 0.6) is 0 Å². The predicted molar refractivity (Wildman–Crippen MR) is 63.0 cm³/mol. The van der Waals surface area contributed by atoms with Crippen LogP contribution in [0.4, 0.5) is 0 Å². The Morgan fingerprint density at radius 1 is 1.33 bits per heavy atom. The molecule has 0 bridgehead atoms. The molecule has 2 unspecified atom stereocenters. The highest BCUT2D eigenvalue weighted by atomic mass is 16.3. The van der Waals surface area contributed by atoms with E-state index < -0.39 is 0 Å². The predicted octanol–water partition coefficient (Wildman–Crippen LogP) is 3.57. The molecule has 82 valence electrons. The van der Waals surface area contributed by atoms with Crippen LogP contribution >= 0.6 is 0 Å². The zero-order chi connectivity index (χ0) is 10.8. The highest BCUT2D eigenvalue weighted by molar-refractivity contribution is 5.36. The standard InChI is InChI=1S/C14H20O/c1-10-5-3-4-6-12-7-8-13(11(2)15)9-14(10)12/h7-11,15H,3-6H2,1-2H3. The van der Waals surface area contributed by atoms with Crippen molar-refractivity contribution in [2.75, 3.05) is 0 Å². The maximum absolute atomic E-state index is 9.58. The normalized spacial score (nSPS) is 23.0. The summed E-state index contributed by atoms with van der Waals surface area (Å²) in [5.41, 5.74) is 4.01. The van der Waals surface area contributed by atoms with Gasteiger partial charge < -0.3 is 5.11 Å². The van der Waals surface area contributed by atoms with Crippen molar-refractivity contribution in [2.45, 2.75) is 51.6 Å².